The third kappa shape index (κ3) is 3.37. The second-order valence-electron chi connectivity index (χ2n) is 5.16. The van der Waals surface area contributed by atoms with Crippen molar-refractivity contribution in [3.05, 3.63) is 68.5 Å². The average Bonchev–Trinajstić information content (AvgIpc) is 2.43. The summed E-state index contributed by atoms with van der Waals surface area (Å²) in [5.41, 5.74) is 3.52. The molecule has 0 radical (unpaired) electrons. The number of anilines is 1. The molecule has 2 rings (SSSR count). The van der Waals surface area contributed by atoms with E-state index < -0.39 is 4.92 Å². The number of aryl methyl sites for hydroxylation is 3. The van der Waals surface area contributed by atoms with Gasteiger partial charge >= 0.3 is 0 Å². The highest BCUT2D eigenvalue weighted by Gasteiger charge is 2.11. The number of nitrogens with one attached hydrogen (secondary N) is 1. The van der Waals surface area contributed by atoms with Crippen LogP contribution in [0.5, 0.6) is 0 Å². The number of hydrogen-bond acceptors (Lipinski definition) is 3. The summed E-state index contributed by atoms with van der Waals surface area (Å²) in [6, 6.07) is 8.57. The molecule has 0 saturated carbocycles. The van der Waals surface area contributed by atoms with Crippen LogP contribution >= 0.6 is 0 Å². The van der Waals surface area contributed by atoms with Gasteiger partial charge in [0.05, 0.1) is 4.92 Å². The minimum Gasteiger partial charge on any atom is -0.381 e. The molecule has 0 fully saturated rings. The Morgan fingerprint density at radius 1 is 1.10 bits per heavy atom. The Labute approximate surface area is 122 Å². The topological polar surface area (TPSA) is 55.2 Å². The molecule has 0 aliphatic carbocycles. The maximum absolute atomic E-state index is 13.6. The van der Waals surface area contributed by atoms with E-state index in [4.69, 9.17) is 0 Å². The zero-order chi connectivity index (χ0) is 15.6. The highest BCUT2D eigenvalue weighted by Crippen LogP contribution is 2.23. The summed E-state index contributed by atoms with van der Waals surface area (Å²) in [7, 11) is 0. The molecule has 0 aromatic heterocycles. The quantitative estimate of drug-likeness (QED) is 0.675. The van der Waals surface area contributed by atoms with E-state index >= 15 is 0 Å². The molecule has 0 spiro atoms. The number of benzene rings is 2. The van der Waals surface area contributed by atoms with Crippen LogP contribution in [-0.2, 0) is 6.54 Å². The third-order valence-electron chi connectivity index (χ3n) is 3.40. The molecular weight excluding hydrogens is 271 g/mol. The van der Waals surface area contributed by atoms with Crippen LogP contribution in [0.1, 0.15) is 22.3 Å². The monoisotopic (exact) mass is 288 g/mol. The van der Waals surface area contributed by atoms with Crippen molar-refractivity contribution in [2.24, 2.45) is 0 Å². The van der Waals surface area contributed by atoms with Crippen molar-refractivity contribution in [1.29, 1.82) is 0 Å². The Balaban J connectivity index is 2.17. The van der Waals surface area contributed by atoms with Crippen molar-refractivity contribution in [1.82, 2.24) is 0 Å². The van der Waals surface area contributed by atoms with Gasteiger partial charge in [0.25, 0.3) is 5.69 Å². The van der Waals surface area contributed by atoms with Gasteiger partial charge in [-0.25, -0.2) is 4.39 Å². The van der Waals surface area contributed by atoms with Crippen LogP contribution in [0.25, 0.3) is 0 Å². The Hall–Kier alpha value is -2.43. The maximum Gasteiger partial charge on any atom is 0.274 e. The lowest BCUT2D eigenvalue weighted by Gasteiger charge is -2.10. The first kappa shape index (κ1) is 15.0. The fraction of sp³-hybridized carbons (Fsp3) is 0.250. The van der Waals surface area contributed by atoms with Gasteiger partial charge in [-0.15, -0.1) is 0 Å². The number of rotatable bonds is 4. The van der Waals surface area contributed by atoms with Crippen molar-refractivity contribution in [3.63, 3.8) is 0 Å². The van der Waals surface area contributed by atoms with Gasteiger partial charge in [-0.2, -0.15) is 0 Å². The number of nitro groups is 1. The Bertz CT molecular complexity index is 676. The SMILES string of the molecule is Cc1ccc(NCc2cc(C)c(F)c(C)c2)cc1[N+](=O)[O-]. The van der Waals surface area contributed by atoms with Crippen LogP contribution in [-0.4, -0.2) is 4.92 Å². The van der Waals surface area contributed by atoms with Gasteiger partial charge in [0.15, 0.2) is 0 Å². The van der Waals surface area contributed by atoms with Crippen molar-refractivity contribution >= 4 is 11.4 Å². The number of nitrogens with zero attached hydrogens (tertiary/aromatic N) is 1. The van der Waals surface area contributed by atoms with E-state index in [0.717, 1.165) is 5.56 Å². The van der Waals surface area contributed by atoms with Gasteiger partial charge in [0.2, 0.25) is 0 Å². The number of halogens is 1. The van der Waals surface area contributed by atoms with Gasteiger partial charge in [0.1, 0.15) is 5.82 Å². The smallest absolute Gasteiger partial charge is 0.274 e. The molecule has 0 aliphatic rings. The van der Waals surface area contributed by atoms with Crippen LogP contribution in [0.15, 0.2) is 30.3 Å². The van der Waals surface area contributed by atoms with Crippen LogP contribution in [0.2, 0.25) is 0 Å². The molecule has 0 bridgehead atoms. The molecule has 2 aromatic carbocycles. The van der Waals surface area contributed by atoms with Crippen LogP contribution in [0.3, 0.4) is 0 Å². The summed E-state index contributed by atoms with van der Waals surface area (Å²) >= 11 is 0. The molecule has 0 aliphatic heterocycles. The summed E-state index contributed by atoms with van der Waals surface area (Å²) in [4.78, 5) is 10.5. The fourth-order valence-electron chi connectivity index (χ4n) is 2.26. The average molecular weight is 288 g/mol. The minimum atomic E-state index is -0.396. The van der Waals surface area contributed by atoms with E-state index in [2.05, 4.69) is 5.32 Å². The highest BCUT2D eigenvalue weighted by atomic mass is 19.1. The summed E-state index contributed by atoms with van der Waals surface area (Å²) in [5.74, 6) is -0.190. The lowest BCUT2D eigenvalue weighted by atomic mass is 10.1. The Kier molecular flexibility index (Phi) is 4.21. The van der Waals surface area contributed by atoms with Crippen LogP contribution in [0, 0.1) is 36.7 Å². The first-order valence-electron chi connectivity index (χ1n) is 6.63. The lowest BCUT2D eigenvalue weighted by Crippen LogP contribution is -2.02. The highest BCUT2D eigenvalue weighted by molar-refractivity contribution is 5.55. The second-order valence-corrected chi connectivity index (χ2v) is 5.16. The molecule has 0 unspecified atom stereocenters. The van der Waals surface area contributed by atoms with E-state index in [1.807, 2.05) is 0 Å². The van der Waals surface area contributed by atoms with Gasteiger partial charge in [-0.1, -0.05) is 18.2 Å². The van der Waals surface area contributed by atoms with Gasteiger partial charge in [-0.3, -0.25) is 10.1 Å². The molecular formula is C16H17FN2O2. The Morgan fingerprint density at radius 3 is 2.29 bits per heavy atom. The molecule has 5 heteroatoms. The first-order valence-corrected chi connectivity index (χ1v) is 6.63. The van der Waals surface area contributed by atoms with Crippen molar-refractivity contribution in [3.8, 4) is 0 Å². The molecule has 0 amide bonds. The zero-order valence-electron chi connectivity index (χ0n) is 12.2. The zero-order valence-corrected chi connectivity index (χ0v) is 12.2. The summed E-state index contributed by atoms with van der Waals surface area (Å²) in [6.07, 6.45) is 0. The van der Waals surface area contributed by atoms with E-state index in [9.17, 15) is 14.5 Å². The van der Waals surface area contributed by atoms with Crippen molar-refractivity contribution in [2.75, 3.05) is 5.32 Å². The molecule has 2 aromatic rings. The minimum absolute atomic E-state index is 0.0893. The molecule has 0 saturated heterocycles. The maximum atomic E-state index is 13.6. The first-order chi connectivity index (χ1) is 9.88. The van der Waals surface area contributed by atoms with Gasteiger partial charge in [0, 0.05) is 23.9 Å². The Morgan fingerprint density at radius 2 is 1.71 bits per heavy atom. The van der Waals surface area contributed by atoms with E-state index in [-0.39, 0.29) is 11.5 Å². The van der Waals surface area contributed by atoms with Crippen LogP contribution in [0.4, 0.5) is 15.8 Å². The molecule has 4 nitrogen and oxygen atoms in total. The molecule has 110 valence electrons. The summed E-state index contributed by atoms with van der Waals surface area (Å²) in [6.45, 7) is 5.64. The standard InChI is InChI=1S/C16H17FN2O2/c1-10-4-5-14(8-15(10)19(20)21)18-9-13-6-11(2)16(17)12(3)7-13/h4-8,18H,9H2,1-3H3. The van der Waals surface area contributed by atoms with Crippen molar-refractivity contribution in [2.45, 2.75) is 27.3 Å². The molecule has 21 heavy (non-hydrogen) atoms. The molecule has 0 heterocycles. The van der Waals surface area contributed by atoms with Gasteiger partial charge in [-0.05, 0) is 43.5 Å². The predicted octanol–water partition coefficient (Wildman–Crippen LogP) is 4.27. The van der Waals surface area contributed by atoms with Crippen molar-refractivity contribution < 1.29 is 9.31 Å². The number of hydrogen-bond donors (Lipinski definition) is 1. The summed E-state index contributed by atoms with van der Waals surface area (Å²) in [5, 5.41) is 14.0. The summed E-state index contributed by atoms with van der Waals surface area (Å²) < 4.78 is 13.6. The predicted molar refractivity (Wildman–Crippen MR) is 81.0 cm³/mol. The second kappa shape index (κ2) is 5.91. The normalized spacial score (nSPS) is 10.5. The van der Waals surface area contributed by atoms with Crippen LogP contribution < -0.4 is 5.32 Å². The molecule has 1 N–H and O–H groups in total. The van der Waals surface area contributed by atoms with E-state index in [0.29, 0.717) is 28.9 Å². The molecule has 0 atom stereocenters. The van der Waals surface area contributed by atoms with E-state index in [1.165, 1.54) is 6.07 Å². The fourth-order valence-corrected chi connectivity index (χ4v) is 2.26. The van der Waals surface area contributed by atoms with Gasteiger partial charge < -0.3 is 5.32 Å². The van der Waals surface area contributed by atoms with E-state index in [1.54, 1.807) is 45.0 Å². The third-order valence-corrected chi connectivity index (χ3v) is 3.40. The lowest BCUT2D eigenvalue weighted by molar-refractivity contribution is -0.385. The number of nitro benzene ring substituents is 1. The largest absolute Gasteiger partial charge is 0.381 e.